The van der Waals surface area contributed by atoms with Crippen molar-refractivity contribution >= 4 is 23.3 Å². The summed E-state index contributed by atoms with van der Waals surface area (Å²) in [7, 11) is 1.82. The number of hydrogen-bond acceptors (Lipinski definition) is 7. The number of nitrogens with zero attached hydrogens (tertiary/aromatic N) is 3. The summed E-state index contributed by atoms with van der Waals surface area (Å²) in [5, 5.41) is 24.3. The molecule has 9 heteroatoms. The van der Waals surface area contributed by atoms with Gasteiger partial charge in [0.25, 0.3) is 0 Å². The Morgan fingerprint density at radius 1 is 1.48 bits per heavy atom. The molecule has 0 radical (unpaired) electrons. The van der Waals surface area contributed by atoms with Gasteiger partial charge in [0.2, 0.25) is 6.19 Å². The van der Waals surface area contributed by atoms with Crippen LogP contribution in [-0.2, 0) is 4.74 Å². The van der Waals surface area contributed by atoms with Crippen LogP contribution in [-0.4, -0.2) is 55.5 Å². The quantitative estimate of drug-likeness (QED) is 0.670. The van der Waals surface area contributed by atoms with Crippen molar-refractivity contribution < 1.29 is 19.4 Å². The Labute approximate surface area is 158 Å². The number of benzene rings is 1. The number of nitriles is 1. The molecule has 0 aromatic heterocycles. The Morgan fingerprint density at radius 2 is 2.22 bits per heavy atom. The predicted molar refractivity (Wildman–Crippen MR) is 102 cm³/mol. The average molecular weight is 375 g/mol. The number of amides is 1. The van der Waals surface area contributed by atoms with Crippen LogP contribution >= 0.6 is 0 Å². The molecule has 1 aromatic carbocycles. The van der Waals surface area contributed by atoms with E-state index in [2.05, 4.69) is 15.6 Å². The first-order chi connectivity index (χ1) is 12.7. The van der Waals surface area contributed by atoms with Gasteiger partial charge in [-0.15, -0.1) is 0 Å². The van der Waals surface area contributed by atoms with Crippen LogP contribution in [0.3, 0.4) is 0 Å². The first-order valence-corrected chi connectivity index (χ1v) is 8.54. The third-order valence-electron chi connectivity index (χ3n) is 3.67. The van der Waals surface area contributed by atoms with Crippen LogP contribution in [0.1, 0.15) is 20.8 Å². The molecule has 1 aliphatic rings. The lowest BCUT2D eigenvalue weighted by atomic mass is 10.2. The standard InChI is InChI=1S/C18H25N5O4/c1-18(2,3)27-17(25)21-9-13(24)8-20-12-5-6-14-15(7-12)26-10-16(22-11-19)23(14)4/h5-7,13,20,24H,8-10H2,1-4H3,(H,21,25)/t13-/m1/s1. The van der Waals surface area contributed by atoms with Gasteiger partial charge in [0, 0.05) is 31.9 Å². The van der Waals surface area contributed by atoms with Crippen LogP contribution in [0, 0.1) is 11.5 Å². The first-order valence-electron chi connectivity index (χ1n) is 8.54. The summed E-state index contributed by atoms with van der Waals surface area (Å²) in [4.78, 5) is 17.1. The van der Waals surface area contributed by atoms with E-state index < -0.39 is 17.8 Å². The zero-order valence-corrected chi connectivity index (χ0v) is 15.9. The van der Waals surface area contributed by atoms with Crippen LogP contribution < -0.4 is 20.3 Å². The second-order valence-electron chi connectivity index (χ2n) is 7.08. The molecule has 1 atom stereocenters. The van der Waals surface area contributed by atoms with Crippen molar-refractivity contribution in [2.45, 2.75) is 32.5 Å². The highest BCUT2D eigenvalue weighted by atomic mass is 16.6. The average Bonchev–Trinajstić information content (AvgIpc) is 2.59. The number of likely N-dealkylation sites (N-methyl/N-ethyl adjacent to an activating group) is 1. The van der Waals surface area contributed by atoms with Crippen molar-refractivity contribution in [3.05, 3.63) is 18.2 Å². The van der Waals surface area contributed by atoms with E-state index >= 15 is 0 Å². The Kier molecular flexibility index (Phi) is 6.47. The fourth-order valence-electron chi connectivity index (χ4n) is 2.38. The maximum atomic E-state index is 11.6. The van der Waals surface area contributed by atoms with Crippen molar-refractivity contribution in [3.63, 3.8) is 0 Å². The summed E-state index contributed by atoms with van der Waals surface area (Å²) in [5.74, 6) is 1.19. The largest absolute Gasteiger partial charge is 0.483 e. The van der Waals surface area contributed by atoms with Gasteiger partial charge >= 0.3 is 6.09 Å². The van der Waals surface area contributed by atoms with Crippen molar-refractivity contribution in [1.82, 2.24) is 5.32 Å². The third-order valence-corrected chi connectivity index (χ3v) is 3.67. The summed E-state index contributed by atoms with van der Waals surface area (Å²) in [6.07, 6.45) is 0.409. The van der Waals surface area contributed by atoms with E-state index in [4.69, 9.17) is 14.7 Å². The van der Waals surface area contributed by atoms with E-state index in [0.29, 0.717) is 11.6 Å². The minimum atomic E-state index is -0.786. The molecule has 0 aliphatic carbocycles. The molecule has 3 N–H and O–H groups in total. The second-order valence-corrected chi connectivity index (χ2v) is 7.08. The maximum Gasteiger partial charge on any atom is 0.407 e. The zero-order valence-electron chi connectivity index (χ0n) is 15.9. The number of nitrogens with one attached hydrogen (secondary N) is 2. The Bertz CT molecular complexity index is 751. The van der Waals surface area contributed by atoms with Gasteiger partial charge in [-0.25, -0.2) is 4.79 Å². The highest BCUT2D eigenvalue weighted by molar-refractivity contribution is 6.02. The molecule has 0 fully saturated rings. The highest BCUT2D eigenvalue weighted by Gasteiger charge is 2.21. The van der Waals surface area contributed by atoms with E-state index in [1.54, 1.807) is 31.9 Å². The van der Waals surface area contributed by atoms with Gasteiger partial charge in [-0.05, 0) is 32.9 Å². The molecule has 1 heterocycles. The molecule has 2 rings (SSSR count). The minimum Gasteiger partial charge on any atom is -0.483 e. The second kappa shape index (κ2) is 8.60. The molecular weight excluding hydrogens is 350 g/mol. The lowest BCUT2D eigenvalue weighted by molar-refractivity contribution is 0.0496. The van der Waals surface area contributed by atoms with Crippen molar-refractivity contribution in [3.8, 4) is 11.9 Å². The molecule has 27 heavy (non-hydrogen) atoms. The lowest BCUT2D eigenvalue weighted by Crippen LogP contribution is -2.39. The van der Waals surface area contributed by atoms with Crippen LogP contribution in [0.2, 0.25) is 0 Å². The number of anilines is 2. The summed E-state index contributed by atoms with van der Waals surface area (Å²) < 4.78 is 10.7. The maximum absolute atomic E-state index is 11.6. The van der Waals surface area contributed by atoms with E-state index in [1.165, 1.54) is 0 Å². The predicted octanol–water partition coefficient (Wildman–Crippen LogP) is 1.69. The van der Waals surface area contributed by atoms with Gasteiger partial charge in [0.05, 0.1) is 11.8 Å². The number of ether oxygens (including phenoxy) is 2. The normalized spacial score (nSPS) is 16.0. The number of alkyl carbamates (subject to hydrolysis) is 1. The number of carbonyl (C=O) groups excluding carboxylic acids is 1. The van der Waals surface area contributed by atoms with Crippen LogP contribution in [0.15, 0.2) is 23.2 Å². The summed E-state index contributed by atoms with van der Waals surface area (Å²) in [6, 6.07) is 5.49. The number of rotatable bonds is 5. The Balaban J connectivity index is 1.86. The topological polar surface area (TPSA) is 119 Å². The summed E-state index contributed by atoms with van der Waals surface area (Å²) in [6.45, 7) is 5.84. The molecule has 1 aliphatic heterocycles. The van der Waals surface area contributed by atoms with Gasteiger partial charge in [-0.3, -0.25) is 0 Å². The van der Waals surface area contributed by atoms with Gasteiger partial charge in [-0.1, -0.05) is 0 Å². The Hall–Kier alpha value is -2.99. The molecule has 0 spiro atoms. The van der Waals surface area contributed by atoms with Gasteiger partial charge in [0.1, 0.15) is 18.0 Å². The Morgan fingerprint density at radius 3 is 2.89 bits per heavy atom. The monoisotopic (exact) mass is 375 g/mol. The van der Waals surface area contributed by atoms with E-state index in [0.717, 1.165) is 11.4 Å². The summed E-state index contributed by atoms with van der Waals surface area (Å²) >= 11 is 0. The van der Waals surface area contributed by atoms with Gasteiger partial charge in [0.15, 0.2) is 5.84 Å². The SMILES string of the molecule is CN1C(=NC#N)COc2cc(NC[C@@H](O)CNC(=O)OC(C)(C)C)ccc21. The molecule has 1 aromatic rings. The number of carbonyl (C=O) groups is 1. The molecule has 9 nitrogen and oxygen atoms in total. The van der Waals surface area contributed by atoms with Crippen LogP contribution in [0.5, 0.6) is 5.75 Å². The number of aliphatic hydroxyl groups excluding tert-OH is 1. The molecule has 1 amide bonds. The number of aliphatic imine (C=N–C) groups is 1. The van der Waals surface area contributed by atoms with Crippen LogP contribution in [0.25, 0.3) is 0 Å². The molecule has 0 saturated heterocycles. The molecule has 0 unspecified atom stereocenters. The smallest absolute Gasteiger partial charge is 0.407 e. The van der Waals surface area contributed by atoms with E-state index in [1.807, 2.05) is 25.2 Å². The molecular formula is C18H25N5O4. The first kappa shape index (κ1) is 20.3. The number of aliphatic hydroxyl groups is 1. The number of amidine groups is 1. The zero-order chi connectivity index (χ0) is 20.0. The van der Waals surface area contributed by atoms with Crippen molar-refractivity contribution in [1.29, 1.82) is 5.26 Å². The lowest BCUT2D eigenvalue weighted by Gasteiger charge is -2.28. The van der Waals surface area contributed by atoms with Crippen molar-refractivity contribution in [2.75, 3.05) is 37.0 Å². The van der Waals surface area contributed by atoms with Crippen LogP contribution in [0.4, 0.5) is 16.2 Å². The van der Waals surface area contributed by atoms with Gasteiger partial charge in [-0.2, -0.15) is 10.3 Å². The third kappa shape index (κ3) is 6.04. The van der Waals surface area contributed by atoms with E-state index in [9.17, 15) is 9.90 Å². The summed E-state index contributed by atoms with van der Waals surface area (Å²) in [5.41, 5.74) is 0.980. The number of hydrogen-bond donors (Lipinski definition) is 3. The number of fused-ring (bicyclic) bond motifs is 1. The molecule has 0 saturated carbocycles. The molecule has 0 bridgehead atoms. The highest BCUT2D eigenvalue weighted by Crippen LogP contribution is 2.33. The van der Waals surface area contributed by atoms with E-state index in [-0.39, 0.29) is 19.7 Å². The van der Waals surface area contributed by atoms with Gasteiger partial charge < -0.3 is 30.1 Å². The fourth-order valence-corrected chi connectivity index (χ4v) is 2.38. The minimum absolute atomic E-state index is 0.0695. The fraction of sp³-hybridized carbons (Fsp3) is 0.500. The van der Waals surface area contributed by atoms with Crippen molar-refractivity contribution in [2.24, 2.45) is 4.99 Å². The molecule has 146 valence electrons.